The number of carbonyl (C=O) groups is 3. The Hall–Kier alpha value is -7.33. The maximum absolute atomic E-state index is 15.8. The van der Waals surface area contributed by atoms with Crippen LogP contribution >= 0.6 is 0 Å². The monoisotopic (exact) mass is 1060 g/mol. The minimum atomic E-state index is -0.741. The molecule has 13 rings (SSSR count). The Morgan fingerprint density at radius 2 is 1.85 bits per heavy atom. The summed E-state index contributed by atoms with van der Waals surface area (Å²) in [5, 5.41) is 10.1. The third-order valence-corrected chi connectivity index (χ3v) is 16.9. The number of imidazole rings is 1. The average molecular weight is 1060 g/mol. The number of nitrogens with one attached hydrogen (secondary N) is 4. The van der Waals surface area contributed by atoms with E-state index >= 15 is 4.39 Å². The Balaban J connectivity index is 0.000000176. The molecule has 0 saturated carbocycles. The number of aromatic amines is 1. The van der Waals surface area contributed by atoms with Crippen LogP contribution in [0, 0.1) is 35.8 Å². The van der Waals surface area contributed by atoms with Gasteiger partial charge in [-0.15, -0.1) is 6.42 Å². The smallest absolute Gasteiger partial charge is 0.347 e. The van der Waals surface area contributed by atoms with Crippen LogP contribution in [0.25, 0.3) is 44.0 Å². The molecule has 10 heterocycles. The molecule has 3 amide bonds. The van der Waals surface area contributed by atoms with Crippen molar-refractivity contribution in [2.75, 3.05) is 70.5 Å². The van der Waals surface area contributed by atoms with Gasteiger partial charge in [-0.2, -0.15) is 4.98 Å². The number of hydrogen-bond acceptors (Lipinski definition) is 13. The van der Waals surface area contributed by atoms with Crippen molar-refractivity contribution in [1.82, 2.24) is 49.8 Å². The van der Waals surface area contributed by atoms with Gasteiger partial charge in [0.2, 0.25) is 18.2 Å². The summed E-state index contributed by atoms with van der Waals surface area (Å²) in [4.78, 5) is 78.8. The van der Waals surface area contributed by atoms with Crippen molar-refractivity contribution >= 4 is 56.8 Å². The van der Waals surface area contributed by atoms with Crippen LogP contribution < -0.4 is 32.2 Å². The number of aryl methyl sites for hydroxylation is 1. The Kier molecular flexibility index (Phi) is 14.8. The highest BCUT2D eigenvalue weighted by atomic mass is 19.1. The molecular formula is C58H63F2N11O7. The number of hydrogen-bond donors (Lipinski definition) is 4. The first-order chi connectivity index (χ1) is 37.8. The Bertz CT molecular complexity index is 3570. The number of terminal acetylenes is 1. The molecule has 0 radical (unpaired) electrons. The summed E-state index contributed by atoms with van der Waals surface area (Å²) < 4.78 is 45.9. The highest BCUT2D eigenvalue weighted by molar-refractivity contribution is 6.02. The summed E-state index contributed by atoms with van der Waals surface area (Å²) in [5.74, 6) is 7.33. The van der Waals surface area contributed by atoms with Crippen LogP contribution in [-0.4, -0.2) is 147 Å². The number of imide groups is 1. The Morgan fingerprint density at radius 1 is 1.03 bits per heavy atom. The van der Waals surface area contributed by atoms with Gasteiger partial charge in [0, 0.05) is 100 Å². The zero-order chi connectivity index (χ0) is 54.3. The molecule has 406 valence electrons. The number of piperidine rings is 2. The van der Waals surface area contributed by atoms with Gasteiger partial charge in [-0.25, -0.2) is 18.4 Å². The standard InChI is InChI=1S/C34H46N6O6.C24H17F2N5O/c1-33-12-5-18-39(33)26(11-13-33)22-45-20-15-34(14-16-35-24-41)23-38(19-21-46-34)17-4-7-25-6-3-8-27-30(25)37(2)32(44)40(27)28-9-10-29(42)36-31(28)43;1-2-15-18(25)7-6-12-4-3-5-16(19(12)15)21-20(26)22-17(9-27-21)23(30-24(32)29-22)31-10-13-8-14(11-31)28-13/h3,6,8,24,26,28H,5,9-23H2,1-2H3,(H,35,41)(H,36,42,43);1,3-7,9,13-14,28H,8,10-11H2,(H,29,30,32)/t26?,28?,33-,34?;/m0./s1. The highest BCUT2D eigenvalue weighted by Crippen LogP contribution is 2.42. The molecule has 6 atom stereocenters. The Morgan fingerprint density at radius 3 is 2.64 bits per heavy atom. The van der Waals surface area contributed by atoms with Crippen LogP contribution in [0.4, 0.5) is 14.6 Å². The third kappa shape index (κ3) is 10.1. The number of morpholine rings is 1. The second kappa shape index (κ2) is 21.8. The van der Waals surface area contributed by atoms with Gasteiger partial charge in [-0.1, -0.05) is 48.1 Å². The molecule has 78 heavy (non-hydrogen) atoms. The fourth-order valence-electron chi connectivity index (χ4n) is 13.0. The number of ether oxygens (including phenoxy) is 2. The van der Waals surface area contributed by atoms with Crippen LogP contribution in [0.2, 0.25) is 0 Å². The van der Waals surface area contributed by atoms with Gasteiger partial charge in [0.05, 0.1) is 58.4 Å². The lowest BCUT2D eigenvalue weighted by Crippen LogP contribution is -2.67. The van der Waals surface area contributed by atoms with E-state index in [9.17, 15) is 28.4 Å². The second-order valence-corrected chi connectivity index (χ2v) is 21.8. The highest BCUT2D eigenvalue weighted by Gasteiger charge is 2.46. The molecule has 7 saturated heterocycles. The van der Waals surface area contributed by atoms with Crippen molar-refractivity contribution < 1.29 is 32.6 Å². The molecule has 3 aromatic heterocycles. The number of amides is 3. The van der Waals surface area contributed by atoms with Crippen LogP contribution in [0.5, 0.6) is 0 Å². The number of halogens is 2. The number of anilines is 1. The molecular weight excluding hydrogens is 1000 g/mol. The van der Waals surface area contributed by atoms with Gasteiger partial charge in [0.15, 0.2) is 5.82 Å². The largest absolute Gasteiger partial charge is 0.380 e. The normalized spacial score (nSPS) is 24.9. The van der Waals surface area contributed by atoms with Gasteiger partial charge in [0.25, 0.3) is 0 Å². The molecule has 6 aromatic rings. The van der Waals surface area contributed by atoms with Crippen LogP contribution in [0.3, 0.4) is 0 Å². The molecule has 4 N–H and O–H groups in total. The first-order valence-corrected chi connectivity index (χ1v) is 26.9. The summed E-state index contributed by atoms with van der Waals surface area (Å²) in [6, 6.07) is 14.0. The summed E-state index contributed by atoms with van der Waals surface area (Å²) in [5.41, 5.74) is 1.34. The molecule has 7 aliphatic rings. The lowest BCUT2D eigenvalue weighted by Gasteiger charge is -2.48. The lowest BCUT2D eigenvalue weighted by atomic mass is 9.91. The van der Waals surface area contributed by atoms with E-state index in [0.717, 1.165) is 32.4 Å². The third-order valence-electron chi connectivity index (χ3n) is 16.9. The molecule has 18 nitrogen and oxygen atoms in total. The topological polar surface area (TPSA) is 201 Å². The number of benzene rings is 3. The summed E-state index contributed by atoms with van der Waals surface area (Å²) in [6.07, 6.45) is 15.8. The molecule has 0 spiro atoms. The SMILES string of the molecule is C#Cc1c(F)ccc2cccc(-c3ncc4c(N5CC6CC(C5)N6)nc(=O)[nH]c4c3F)c12.Cn1c(=O)n(C2CCC(=O)NC2=O)c2cccc(C#CCN3CCOC(CCNC=O)(CCOCC4CC[C@]5(C)CCCN45)C3)c21. The maximum Gasteiger partial charge on any atom is 0.347 e. The molecule has 0 aliphatic carbocycles. The minimum absolute atomic E-state index is 0.0128. The van der Waals surface area contributed by atoms with Crippen molar-refractivity contribution in [3.63, 3.8) is 0 Å². The van der Waals surface area contributed by atoms with Crippen molar-refractivity contribution in [1.29, 1.82) is 0 Å². The lowest BCUT2D eigenvalue weighted by molar-refractivity contribution is -0.135. The van der Waals surface area contributed by atoms with E-state index in [-0.39, 0.29) is 41.2 Å². The molecule has 5 unspecified atom stereocenters. The number of rotatable bonds is 13. The number of piperazine rings is 1. The fraction of sp³-hybridized carbons (Fsp3) is 0.466. The van der Waals surface area contributed by atoms with E-state index in [1.54, 1.807) is 31.3 Å². The van der Waals surface area contributed by atoms with Gasteiger partial charge < -0.3 is 30.0 Å². The first-order valence-electron chi connectivity index (χ1n) is 26.9. The van der Waals surface area contributed by atoms with E-state index in [4.69, 9.17) is 15.9 Å². The number of H-pyrrole nitrogens is 1. The molecule has 20 heteroatoms. The van der Waals surface area contributed by atoms with E-state index in [1.807, 2.05) is 23.1 Å². The molecule has 3 aromatic carbocycles. The van der Waals surface area contributed by atoms with Crippen molar-refractivity contribution in [2.45, 2.75) is 100 Å². The summed E-state index contributed by atoms with van der Waals surface area (Å²) in [7, 11) is 1.68. The van der Waals surface area contributed by atoms with Gasteiger partial charge in [-0.05, 0) is 82.0 Å². The molecule has 2 bridgehead atoms. The zero-order valence-corrected chi connectivity index (χ0v) is 43.8. The number of carbonyl (C=O) groups excluding carboxylic acids is 3. The second-order valence-electron chi connectivity index (χ2n) is 21.8. The van der Waals surface area contributed by atoms with E-state index in [1.165, 1.54) is 53.6 Å². The van der Waals surface area contributed by atoms with Crippen molar-refractivity contribution in [3.05, 3.63) is 98.5 Å². The average Bonchev–Trinajstić information content (AvgIpc) is 4.07. The predicted molar refractivity (Wildman–Crippen MR) is 291 cm³/mol. The van der Waals surface area contributed by atoms with E-state index in [0.29, 0.717) is 120 Å². The van der Waals surface area contributed by atoms with Crippen molar-refractivity contribution in [3.8, 4) is 35.4 Å². The number of para-hydroxylation sites is 1. The predicted octanol–water partition coefficient (Wildman–Crippen LogP) is 4.25. The van der Waals surface area contributed by atoms with Gasteiger partial charge in [-0.3, -0.25) is 43.6 Å². The van der Waals surface area contributed by atoms with Crippen LogP contribution in [-0.2, 0) is 30.9 Å². The van der Waals surface area contributed by atoms with E-state index in [2.05, 4.69) is 65.4 Å². The van der Waals surface area contributed by atoms with Gasteiger partial charge in [0.1, 0.15) is 23.4 Å². The number of pyridine rings is 1. The first kappa shape index (κ1) is 52.7. The summed E-state index contributed by atoms with van der Waals surface area (Å²) in [6.45, 7) is 9.31. The summed E-state index contributed by atoms with van der Waals surface area (Å²) >= 11 is 0. The molecule has 7 fully saturated rings. The quantitative estimate of drug-likeness (QED) is 0.0555. The number of nitrogens with zero attached hydrogens (tertiary/aromatic N) is 7. The van der Waals surface area contributed by atoms with Crippen LogP contribution in [0.15, 0.2) is 64.3 Å². The van der Waals surface area contributed by atoms with Crippen LogP contribution in [0.1, 0.15) is 81.9 Å². The van der Waals surface area contributed by atoms with Gasteiger partial charge >= 0.3 is 11.4 Å². The number of aromatic nitrogens is 5. The van der Waals surface area contributed by atoms with E-state index < -0.39 is 34.9 Å². The van der Waals surface area contributed by atoms with Crippen molar-refractivity contribution in [2.24, 2.45) is 7.05 Å². The number of fused-ring (bicyclic) bond motifs is 6. The minimum Gasteiger partial charge on any atom is -0.380 e. The zero-order valence-electron chi connectivity index (χ0n) is 43.8. The fourth-order valence-corrected chi connectivity index (χ4v) is 13.0. The maximum atomic E-state index is 15.8. The Labute approximate surface area is 449 Å². The molecule has 7 aliphatic heterocycles.